The lowest BCUT2D eigenvalue weighted by Crippen LogP contribution is -2.41. The highest BCUT2D eigenvalue weighted by atomic mass is 16.2. The summed E-state index contributed by atoms with van der Waals surface area (Å²) in [6.07, 6.45) is 6.61. The summed E-state index contributed by atoms with van der Waals surface area (Å²) in [6.45, 7) is 0.632. The van der Waals surface area contributed by atoms with Crippen LogP contribution in [-0.2, 0) is 6.54 Å². The van der Waals surface area contributed by atoms with Gasteiger partial charge in [0.15, 0.2) is 0 Å². The zero-order chi connectivity index (χ0) is 17.1. The van der Waals surface area contributed by atoms with Gasteiger partial charge in [0.1, 0.15) is 0 Å². The molecule has 1 aliphatic rings. The number of aromatic nitrogens is 1. The molecule has 1 aliphatic carbocycles. The second-order valence-corrected chi connectivity index (χ2v) is 6.72. The first kappa shape index (κ1) is 15.8. The lowest BCUT2D eigenvalue weighted by atomic mass is 10.1. The number of carbonyl (C=O) groups is 1. The molecule has 0 bridgehead atoms. The van der Waals surface area contributed by atoms with E-state index in [1.165, 1.54) is 23.8 Å². The van der Waals surface area contributed by atoms with Crippen LogP contribution in [0, 0.1) is 0 Å². The van der Waals surface area contributed by atoms with Crippen molar-refractivity contribution in [1.29, 1.82) is 0 Å². The quantitative estimate of drug-likeness (QED) is 0.682. The molecule has 0 saturated heterocycles. The van der Waals surface area contributed by atoms with E-state index < -0.39 is 0 Å². The Balaban J connectivity index is 1.58. The average molecular weight is 333 g/mol. The maximum absolute atomic E-state index is 13.0. The average Bonchev–Trinajstić information content (AvgIpc) is 3.30. The Morgan fingerprint density at radius 3 is 2.56 bits per heavy atom. The number of H-pyrrole nitrogens is 1. The van der Waals surface area contributed by atoms with Crippen LogP contribution in [-0.4, -0.2) is 22.0 Å². The summed E-state index contributed by atoms with van der Waals surface area (Å²) in [6, 6.07) is 18.3. The largest absolute Gasteiger partial charge is 0.361 e. The van der Waals surface area contributed by atoms with E-state index in [2.05, 4.69) is 22.4 Å². The first-order valence-corrected chi connectivity index (χ1v) is 8.99. The number of fused-ring (bicyclic) bond motifs is 1. The monoisotopic (exact) mass is 333 g/mol. The molecule has 1 saturated carbocycles. The van der Waals surface area contributed by atoms with Crippen LogP contribution in [0.15, 0.2) is 60.8 Å². The van der Waals surface area contributed by atoms with Crippen molar-refractivity contribution in [1.82, 2.24) is 9.88 Å². The molecule has 2 aromatic carbocycles. The Kier molecular flexibility index (Phi) is 4.42. The number of benzene rings is 2. The molecule has 0 unspecified atom stereocenters. The molecule has 4 nitrogen and oxygen atoms in total. The predicted molar refractivity (Wildman–Crippen MR) is 102 cm³/mol. The van der Waals surface area contributed by atoms with E-state index in [-0.39, 0.29) is 6.03 Å². The lowest BCUT2D eigenvalue weighted by molar-refractivity contribution is 0.185. The highest BCUT2D eigenvalue weighted by molar-refractivity contribution is 5.90. The summed E-state index contributed by atoms with van der Waals surface area (Å²) in [5, 5.41) is 4.25. The fourth-order valence-electron chi connectivity index (χ4n) is 3.75. The first-order chi connectivity index (χ1) is 12.3. The molecule has 0 atom stereocenters. The van der Waals surface area contributed by atoms with Crippen molar-refractivity contribution in [3.05, 3.63) is 66.4 Å². The van der Waals surface area contributed by atoms with Crippen LogP contribution in [0.5, 0.6) is 0 Å². The van der Waals surface area contributed by atoms with E-state index in [1.54, 1.807) is 0 Å². The highest BCUT2D eigenvalue weighted by Crippen LogP contribution is 2.28. The van der Waals surface area contributed by atoms with Gasteiger partial charge in [0, 0.05) is 35.4 Å². The van der Waals surface area contributed by atoms with Crippen molar-refractivity contribution in [2.24, 2.45) is 0 Å². The van der Waals surface area contributed by atoms with Gasteiger partial charge in [-0.3, -0.25) is 0 Å². The van der Waals surface area contributed by atoms with Crippen LogP contribution in [0.1, 0.15) is 31.2 Å². The van der Waals surface area contributed by atoms with Crippen LogP contribution in [0.25, 0.3) is 10.9 Å². The van der Waals surface area contributed by atoms with Crippen LogP contribution < -0.4 is 5.32 Å². The minimum absolute atomic E-state index is 0.0108. The molecule has 128 valence electrons. The molecule has 1 aromatic heterocycles. The van der Waals surface area contributed by atoms with Crippen LogP contribution >= 0.6 is 0 Å². The van der Waals surface area contributed by atoms with E-state index in [9.17, 15) is 4.79 Å². The molecule has 4 rings (SSSR count). The van der Waals surface area contributed by atoms with Gasteiger partial charge >= 0.3 is 6.03 Å². The third-order valence-electron chi connectivity index (χ3n) is 5.07. The second-order valence-electron chi connectivity index (χ2n) is 6.72. The van der Waals surface area contributed by atoms with Gasteiger partial charge < -0.3 is 15.2 Å². The summed E-state index contributed by atoms with van der Waals surface area (Å²) in [5.41, 5.74) is 3.13. The number of carbonyl (C=O) groups excluding carboxylic acids is 1. The summed E-state index contributed by atoms with van der Waals surface area (Å²) in [4.78, 5) is 18.3. The Hall–Kier alpha value is -2.75. The number of para-hydroxylation sites is 2. The fourth-order valence-corrected chi connectivity index (χ4v) is 3.75. The van der Waals surface area contributed by atoms with Crippen LogP contribution in [0.3, 0.4) is 0 Å². The van der Waals surface area contributed by atoms with Gasteiger partial charge in [-0.1, -0.05) is 49.2 Å². The van der Waals surface area contributed by atoms with E-state index in [4.69, 9.17) is 0 Å². The van der Waals surface area contributed by atoms with Crippen molar-refractivity contribution in [3.8, 4) is 0 Å². The number of aromatic amines is 1. The van der Waals surface area contributed by atoms with Gasteiger partial charge in [-0.2, -0.15) is 0 Å². The standard InChI is InChI=1S/C21H23N3O/c25-21(23-17-8-2-1-3-9-17)24(18-10-4-5-11-18)15-16-14-22-20-13-7-6-12-19(16)20/h1-3,6-9,12-14,18,22H,4-5,10-11,15H2,(H,23,25). The van der Waals surface area contributed by atoms with Crippen LogP contribution in [0.2, 0.25) is 0 Å². The van der Waals surface area contributed by atoms with Gasteiger partial charge in [-0.05, 0) is 36.6 Å². The predicted octanol–water partition coefficient (Wildman–Crippen LogP) is 5.14. The number of nitrogens with one attached hydrogen (secondary N) is 2. The van der Waals surface area contributed by atoms with Gasteiger partial charge in [0.25, 0.3) is 0 Å². The molecule has 1 heterocycles. The number of hydrogen-bond donors (Lipinski definition) is 2. The summed E-state index contributed by atoms with van der Waals surface area (Å²) < 4.78 is 0. The number of rotatable bonds is 4. The Morgan fingerprint density at radius 2 is 1.76 bits per heavy atom. The highest BCUT2D eigenvalue weighted by Gasteiger charge is 2.27. The Labute approximate surface area is 147 Å². The first-order valence-electron chi connectivity index (χ1n) is 8.99. The number of amides is 2. The number of nitrogens with zero attached hydrogens (tertiary/aromatic N) is 1. The molecule has 0 aliphatic heterocycles. The third kappa shape index (κ3) is 3.38. The van der Waals surface area contributed by atoms with Gasteiger partial charge in [-0.25, -0.2) is 4.79 Å². The minimum atomic E-state index is -0.0108. The van der Waals surface area contributed by atoms with E-state index in [0.29, 0.717) is 12.6 Å². The fraction of sp³-hybridized carbons (Fsp3) is 0.286. The molecule has 2 amide bonds. The Bertz CT molecular complexity index is 850. The van der Waals surface area contributed by atoms with E-state index in [0.717, 1.165) is 24.0 Å². The van der Waals surface area contributed by atoms with Crippen molar-refractivity contribution < 1.29 is 4.79 Å². The zero-order valence-electron chi connectivity index (χ0n) is 14.2. The van der Waals surface area contributed by atoms with E-state index >= 15 is 0 Å². The number of hydrogen-bond acceptors (Lipinski definition) is 1. The summed E-state index contributed by atoms with van der Waals surface area (Å²) >= 11 is 0. The summed E-state index contributed by atoms with van der Waals surface area (Å²) in [7, 11) is 0. The van der Waals surface area contributed by atoms with Gasteiger partial charge in [-0.15, -0.1) is 0 Å². The topological polar surface area (TPSA) is 48.1 Å². The SMILES string of the molecule is O=C(Nc1ccccc1)N(Cc1c[nH]c2ccccc12)C1CCCC1. The van der Waals surface area contributed by atoms with Crippen molar-refractivity contribution in [2.45, 2.75) is 38.3 Å². The molecule has 25 heavy (non-hydrogen) atoms. The third-order valence-corrected chi connectivity index (χ3v) is 5.07. The van der Waals surface area contributed by atoms with Crippen molar-refractivity contribution in [2.75, 3.05) is 5.32 Å². The summed E-state index contributed by atoms with van der Waals surface area (Å²) in [5.74, 6) is 0. The molecule has 4 heteroatoms. The molecular weight excluding hydrogens is 310 g/mol. The van der Waals surface area contributed by atoms with Crippen molar-refractivity contribution in [3.63, 3.8) is 0 Å². The van der Waals surface area contributed by atoms with Crippen LogP contribution in [0.4, 0.5) is 10.5 Å². The molecule has 2 N–H and O–H groups in total. The molecule has 1 fully saturated rings. The smallest absolute Gasteiger partial charge is 0.322 e. The number of urea groups is 1. The Morgan fingerprint density at radius 1 is 1.04 bits per heavy atom. The molecule has 0 spiro atoms. The molecule has 3 aromatic rings. The maximum Gasteiger partial charge on any atom is 0.322 e. The minimum Gasteiger partial charge on any atom is -0.361 e. The number of anilines is 1. The zero-order valence-corrected chi connectivity index (χ0v) is 14.2. The lowest BCUT2D eigenvalue weighted by Gasteiger charge is -2.29. The normalized spacial score (nSPS) is 14.7. The van der Waals surface area contributed by atoms with E-state index in [1.807, 2.05) is 53.6 Å². The molecule has 0 radical (unpaired) electrons. The molecular formula is C21H23N3O. The van der Waals surface area contributed by atoms with Gasteiger partial charge in [0.2, 0.25) is 0 Å². The maximum atomic E-state index is 13.0. The van der Waals surface area contributed by atoms with Crippen molar-refractivity contribution >= 4 is 22.6 Å². The van der Waals surface area contributed by atoms with Gasteiger partial charge in [0.05, 0.1) is 0 Å². The second kappa shape index (κ2) is 7.01.